The van der Waals surface area contributed by atoms with Crippen molar-refractivity contribution >= 4 is 11.5 Å². The van der Waals surface area contributed by atoms with Crippen LogP contribution in [0.2, 0.25) is 0 Å². The number of nitrogens with one attached hydrogen (secondary N) is 1. The molecular formula is C16H14N6. The van der Waals surface area contributed by atoms with Crippen molar-refractivity contribution in [3.8, 4) is 22.5 Å². The van der Waals surface area contributed by atoms with Crippen molar-refractivity contribution in [3.63, 3.8) is 0 Å². The van der Waals surface area contributed by atoms with Crippen molar-refractivity contribution < 1.29 is 0 Å². The second-order valence-electron chi connectivity index (χ2n) is 5.20. The number of aromatic nitrogens is 5. The monoisotopic (exact) mass is 290 g/mol. The standard InChI is InChI=1S/C16H14N6/c1-10-3-2-4-11(5-10)14-8-18-15(17)16-21-13(9-22(14)16)12-6-19-20-7-12/h2-9H,1H3,(H2,17,18)(H,19,20). The third-order valence-electron chi connectivity index (χ3n) is 3.63. The summed E-state index contributed by atoms with van der Waals surface area (Å²) in [5.74, 6) is 0.408. The number of H-pyrrole nitrogens is 1. The van der Waals surface area contributed by atoms with E-state index in [1.165, 1.54) is 5.56 Å². The highest BCUT2D eigenvalue weighted by molar-refractivity contribution is 5.73. The number of imidazole rings is 1. The van der Waals surface area contributed by atoms with E-state index in [2.05, 4.69) is 45.3 Å². The summed E-state index contributed by atoms with van der Waals surface area (Å²) in [7, 11) is 0. The minimum absolute atomic E-state index is 0.408. The van der Waals surface area contributed by atoms with Crippen molar-refractivity contribution in [2.45, 2.75) is 6.92 Å². The lowest BCUT2D eigenvalue weighted by molar-refractivity contribution is 1.09. The van der Waals surface area contributed by atoms with Crippen LogP contribution in [0.3, 0.4) is 0 Å². The summed E-state index contributed by atoms with van der Waals surface area (Å²) in [6.07, 6.45) is 7.27. The van der Waals surface area contributed by atoms with E-state index in [0.717, 1.165) is 22.5 Å². The molecule has 0 aliphatic heterocycles. The lowest BCUT2D eigenvalue weighted by atomic mass is 10.1. The largest absolute Gasteiger partial charge is 0.381 e. The summed E-state index contributed by atoms with van der Waals surface area (Å²) in [4.78, 5) is 8.86. The molecule has 108 valence electrons. The molecular weight excluding hydrogens is 276 g/mol. The molecule has 0 fully saturated rings. The van der Waals surface area contributed by atoms with E-state index in [0.29, 0.717) is 11.5 Å². The van der Waals surface area contributed by atoms with Crippen LogP contribution in [-0.4, -0.2) is 24.6 Å². The lowest BCUT2D eigenvalue weighted by Gasteiger charge is -2.07. The first kappa shape index (κ1) is 12.6. The summed E-state index contributed by atoms with van der Waals surface area (Å²) < 4.78 is 1.97. The van der Waals surface area contributed by atoms with E-state index in [1.54, 1.807) is 18.6 Å². The quantitative estimate of drug-likeness (QED) is 0.594. The fourth-order valence-corrected chi connectivity index (χ4v) is 2.54. The summed E-state index contributed by atoms with van der Waals surface area (Å²) in [6.45, 7) is 2.07. The normalized spacial score (nSPS) is 11.1. The molecule has 0 atom stereocenters. The second kappa shape index (κ2) is 4.70. The number of anilines is 1. The SMILES string of the molecule is Cc1cccc(-c2cnc(N)c3nc(-c4cn[nH]c4)cn23)c1. The molecule has 0 amide bonds. The number of rotatable bonds is 2. The van der Waals surface area contributed by atoms with Gasteiger partial charge in [0.25, 0.3) is 0 Å². The maximum Gasteiger partial charge on any atom is 0.180 e. The average molecular weight is 290 g/mol. The molecule has 3 N–H and O–H groups in total. The third kappa shape index (κ3) is 1.93. The minimum atomic E-state index is 0.408. The van der Waals surface area contributed by atoms with Crippen molar-refractivity contribution in [2.24, 2.45) is 0 Å². The van der Waals surface area contributed by atoms with Gasteiger partial charge >= 0.3 is 0 Å². The van der Waals surface area contributed by atoms with Gasteiger partial charge in [0.2, 0.25) is 0 Å². The van der Waals surface area contributed by atoms with E-state index in [1.807, 2.05) is 16.7 Å². The number of aromatic amines is 1. The zero-order valence-electron chi connectivity index (χ0n) is 12.0. The first-order valence-electron chi connectivity index (χ1n) is 6.92. The Morgan fingerprint density at radius 2 is 2.09 bits per heavy atom. The van der Waals surface area contributed by atoms with Gasteiger partial charge in [0.1, 0.15) is 0 Å². The highest BCUT2D eigenvalue weighted by Gasteiger charge is 2.12. The maximum atomic E-state index is 5.98. The number of benzene rings is 1. The molecule has 0 aliphatic carbocycles. The van der Waals surface area contributed by atoms with Crippen LogP contribution in [0.1, 0.15) is 5.56 Å². The Kier molecular flexibility index (Phi) is 2.69. The molecule has 0 saturated carbocycles. The predicted octanol–water partition coefficient (Wildman–Crippen LogP) is 2.68. The number of nitrogen functional groups attached to an aromatic ring is 1. The topological polar surface area (TPSA) is 84.9 Å². The molecule has 0 aliphatic rings. The Balaban J connectivity index is 1.98. The van der Waals surface area contributed by atoms with Crippen LogP contribution in [0.5, 0.6) is 0 Å². The van der Waals surface area contributed by atoms with Crippen molar-refractivity contribution in [1.82, 2.24) is 24.6 Å². The average Bonchev–Trinajstić information content (AvgIpc) is 3.17. The Bertz CT molecular complexity index is 952. The summed E-state index contributed by atoms with van der Waals surface area (Å²) in [5.41, 5.74) is 11.6. The zero-order valence-corrected chi connectivity index (χ0v) is 12.0. The third-order valence-corrected chi connectivity index (χ3v) is 3.63. The van der Waals surface area contributed by atoms with Gasteiger partial charge in [0.15, 0.2) is 11.5 Å². The van der Waals surface area contributed by atoms with Gasteiger partial charge in [-0.15, -0.1) is 0 Å². The summed E-state index contributed by atoms with van der Waals surface area (Å²) >= 11 is 0. The molecule has 4 aromatic rings. The Morgan fingerprint density at radius 1 is 1.18 bits per heavy atom. The fourth-order valence-electron chi connectivity index (χ4n) is 2.54. The van der Waals surface area contributed by atoms with E-state index < -0.39 is 0 Å². The van der Waals surface area contributed by atoms with E-state index in [9.17, 15) is 0 Å². The number of aryl methyl sites for hydroxylation is 1. The molecule has 0 radical (unpaired) electrons. The van der Waals surface area contributed by atoms with Crippen LogP contribution >= 0.6 is 0 Å². The second-order valence-corrected chi connectivity index (χ2v) is 5.20. The van der Waals surface area contributed by atoms with Crippen LogP contribution in [0.15, 0.2) is 49.1 Å². The molecule has 4 rings (SSSR count). The van der Waals surface area contributed by atoms with Crippen LogP contribution < -0.4 is 5.73 Å². The minimum Gasteiger partial charge on any atom is -0.381 e. The smallest absolute Gasteiger partial charge is 0.180 e. The lowest BCUT2D eigenvalue weighted by Crippen LogP contribution is -1.99. The van der Waals surface area contributed by atoms with Crippen LogP contribution in [0, 0.1) is 6.92 Å². The number of hydrogen-bond donors (Lipinski definition) is 2. The predicted molar refractivity (Wildman–Crippen MR) is 85.2 cm³/mol. The van der Waals surface area contributed by atoms with Gasteiger partial charge in [0, 0.05) is 23.5 Å². The van der Waals surface area contributed by atoms with Crippen molar-refractivity contribution in [2.75, 3.05) is 5.73 Å². The number of nitrogens with two attached hydrogens (primary N) is 1. The highest BCUT2D eigenvalue weighted by atomic mass is 15.1. The van der Waals surface area contributed by atoms with Crippen LogP contribution in [-0.2, 0) is 0 Å². The molecule has 0 bridgehead atoms. The van der Waals surface area contributed by atoms with Crippen LogP contribution in [0.25, 0.3) is 28.2 Å². The molecule has 0 saturated heterocycles. The number of hydrogen-bond acceptors (Lipinski definition) is 4. The van der Waals surface area contributed by atoms with Gasteiger partial charge in [-0.1, -0.05) is 23.8 Å². The first-order chi connectivity index (χ1) is 10.7. The fraction of sp³-hybridized carbons (Fsp3) is 0.0625. The Labute approximate surface area is 126 Å². The number of nitrogens with zero attached hydrogens (tertiary/aromatic N) is 4. The van der Waals surface area contributed by atoms with E-state index in [4.69, 9.17) is 5.73 Å². The van der Waals surface area contributed by atoms with Crippen LogP contribution in [0.4, 0.5) is 5.82 Å². The molecule has 6 nitrogen and oxygen atoms in total. The number of fused-ring (bicyclic) bond motifs is 1. The van der Waals surface area contributed by atoms with E-state index >= 15 is 0 Å². The van der Waals surface area contributed by atoms with Crippen molar-refractivity contribution in [3.05, 3.63) is 54.6 Å². The Morgan fingerprint density at radius 3 is 2.86 bits per heavy atom. The van der Waals surface area contributed by atoms with Gasteiger partial charge < -0.3 is 5.73 Å². The molecule has 3 heterocycles. The Hall–Kier alpha value is -3.15. The van der Waals surface area contributed by atoms with Gasteiger partial charge in [-0.25, -0.2) is 9.97 Å². The maximum absolute atomic E-state index is 5.98. The van der Waals surface area contributed by atoms with Gasteiger partial charge in [-0.2, -0.15) is 5.10 Å². The molecule has 6 heteroatoms. The molecule has 3 aromatic heterocycles. The highest BCUT2D eigenvalue weighted by Crippen LogP contribution is 2.26. The summed E-state index contributed by atoms with van der Waals surface area (Å²) in [6, 6.07) is 8.26. The summed E-state index contributed by atoms with van der Waals surface area (Å²) in [5, 5.41) is 6.76. The molecule has 22 heavy (non-hydrogen) atoms. The molecule has 0 unspecified atom stereocenters. The van der Waals surface area contributed by atoms with E-state index in [-0.39, 0.29) is 0 Å². The van der Waals surface area contributed by atoms with Gasteiger partial charge in [0.05, 0.1) is 23.8 Å². The first-order valence-corrected chi connectivity index (χ1v) is 6.92. The molecule has 1 aromatic carbocycles. The van der Waals surface area contributed by atoms with Crippen molar-refractivity contribution in [1.29, 1.82) is 0 Å². The van der Waals surface area contributed by atoms with Gasteiger partial charge in [-0.05, 0) is 13.0 Å². The zero-order chi connectivity index (χ0) is 15.1. The van der Waals surface area contributed by atoms with Gasteiger partial charge in [-0.3, -0.25) is 9.50 Å². The molecule has 0 spiro atoms.